The van der Waals surface area contributed by atoms with E-state index in [0.29, 0.717) is 16.9 Å². The molecule has 0 amide bonds. The third-order valence-corrected chi connectivity index (χ3v) is 11.9. The molecule has 11 rings (SSSR count). The van der Waals surface area contributed by atoms with Crippen molar-refractivity contribution in [3.63, 3.8) is 0 Å². The van der Waals surface area contributed by atoms with Gasteiger partial charge in [-0.2, -0.15) is 0 Å². The molecule has 1 heterocycles. The quantitative estimate of drug-likeness (QED) is 0.182. The van der Waals surface area contributed by atoms with Crippen molar-refractivity contribution in [2.45, 2.75) is 38.5 Å². The second-order valence-corrected chi connectivity index (χ2v) is 15.5. The zero-order valence-corrected chi connectivity index (χ0v) is 30.3. The maximum absolute atomic E-state index is 10.0. The number of fused-ring (bicyclic) bond motifs is 11. The van der Waals surface area contributed by atoms with Crippen LogP contribution < -0.4 is 4.90 Å². The average molecular weight is 702 g/mol. The van der Waals surface area contributed by atoms with Gasteiger partial charge < -0.3 is 9.32 Å². The smallest absolute Gasteiger partial charge is 0.143 e. The Morgan fingerprint density at radius 1 is 0.500 bits per heavy atom. The fourth-order valence-electron chi connectivity index (χ4n) is 9.17. The van der Waals surface area contributed by atoms with Crippen LogP contribution in [0.3, 0.4) is 0 Å². The minimum atomic E-state index is -0.459. The standard InChI is InChI=1S/C52H39NO/c1-51(2)43-21-12-10-18-36(43)38-27-25-33(29-45(38)51)53(34-26-28-39-37-19-11-13-22-44(37)52(3,4)46(39)30-34)47-23-14-24-48-49(47)42-31-41(32-15-6-5-7-16-32)35-17-8-9-20-40(35)50(42)54-48/h5-31H,1-4H3/i8D,9D,14D,17D,20D,23D,24D,31D. The van der Waals surface area contributed by atoms with Gasteiger partial charge in [0.25, 0.3) is 0 Å². The van der Waals surface area contributed by atoms with Crippen LogP contribution in [0, 0.1) is 0 Å². The Kier molecular flexibility index (Phi) is 4.93. The summed E-state index contributed by atoms with van der Waals surface area (Å²) in [7, 11) is 0. The number of benzene rings is 8. The maximum Gasteiger partial charge on any atom is 0.143 e. The van der Waals surface area contributed by atoms with Gasteiger partial charge in [-0.3, -0.25) is 0 Å². The Bertz CT molecular complexity index is 3350. The molecule has 0 saturated heterocycles. The highest BCUT2D eigenvalue weighted by atomic mass is 16.3. The summed E-state index contributed by atoms with van der Waals surface area (Å²) in [6, 6.07) is 35.9. The lowest BCUT2D eigenvalue weighted by Gasteiger charge is -2.30. The summed E-state index contributed by atoms with van der Waals surface area (Å²) in [6.07, 6.45) is 0. The van der Waals surface area contributed by atoms with Crippen LogP contribution in [-0.4, -0.2) is 0 Å². The largest absolute Gasteiger partial charge is 0.455 e. The van der Waals surface area contributed by atoms with Gasteiger partial charge in [-0.1, -0.05) is 149 Å². The van der Waals surface area contributed by atoms with Crippen molar-refractivity contribution in [3.05, 3.63) is 186 Å². The van der Waals surface area contributed by atoms with Gasteiger partial charge in [0, 0.05) is 33.0 Å². The van der Waals surface area contributed by atoms with Crippen molar-refractivity contribution in [3.8, 4) is 33.4 Å². The third kappa shape index (κ3) is 4.23. The van der Waals surface area contributed by atoms with E-state index in [1.54, 1.807) is 12.1 Å². The molecule has 0 saturated carbocycles. The lowest BCUT2D eigenvalue weighted by atomic mass is 9.82. The van der Waals surface area contributed by atoms with Crippen molar-refractivity contribution in [1.82, 2.24) is 0 Å². The van der Waals surface area contributed by atoms with Crippen LogP contribution in [0.1, 0.15) is 60.9 Å². The molecule has 0 unspecified atom stereocenters. The van der Waals surface area contributed by atoms with E-state index in [0.717, 1.165) is 33.4 Å². The minimum Gasteiger partial charge on any atom is -0.455 e. The Balaban J connectivity index is 1.30. The van der Waals surface area contributed by atoms with E-state index in [-0.39, 0.29) is 91.0 Å². The van der Waals surface area contributed by atoms with Gasteiger partial charge >= 0.3 is 0 Å². The van der Waals surface area contributed by atoms with Crippen molar-refractivity contribution in [1.29, 1.82) is 0 Å². The fourth-order valence-corrected chi connectivity index (χ4v) is 9.17. The second-order valence-electron chi connectivity index (χ2n) is 15.5. The zero-order valence-electron chi connectivity index (χ0n) is 38.3. The monoisotopic (exact) mass is 701 g/mol. The van der Waals surface area contributed by atoms with Gasteiger partial charge in [0.1, 0.15) is 11.2 Å². The molecule has 2 heteroatoms. The Hall–Kier alpha value is -6.38. The van der Waals surface area contributed by atoms with Crippen LogP contribution in [-0.2, 0) is 10.8 Å². The predicted molar refractivity (Wildman–Crippen MR) is 226 cm³/mol. The van der Waals surface area contributed by atoms with E-state index in [9.17, 15) is 6.85 Å². The van der Waals surface area contributed by atoms with E-state index in [1.807, 2.05) is 47.4 Å². The van der Waals surface area contributed by atoms with Crippen LogP contribution in [0.5, 0.6) is 0 Å². The van der Waals surface area contributed by atoms with Crippen LogP contribution in [0.25, 0.3) is 66.1 Å². The first-order valence-corrected chi connectivity index (χ1v) is 18.4. The highest BCUT2D eigenvalue weighted by Crippen LogP contribution is 2.54. The highest BCUT2D eigenvalue weighted by molar-refractivity contribution is 6.22. The number of hydrogen-bond acceptors (Lipinski definition) is 2. The van der Waals surface area contributed by atoms with E-state index < -0.39 is 12.1 Å². The topological polar surface area (TPSA) is 16.4 Å². The number of anilines is 3. The number of rotatable bonds is 4. The molecule has 0 bridgehead atoms. The zero-order chi connectivity index (χ0) is 43.3. The van der Waals surface area contributed by atoms with Crippen LogP contribution in [0.2, 0.25) is 0 Å². The van der Waals surface area contributed by atoms with E-state index in [4.69, 9.17) is 8.53 Å². The number of nitrogens with zero attached hydrogens (tertiary/aromatic N) is 1. The number of hydrogen-bond donors (Lipinski definition) is 0. The predicted octanol–water partition coefficient (Wildman–Crippen LogP) is 14.5. The first kappa shape index (κ1) is 24.0. The summed E-state index contributed by atoms with van der Waals surface area (Å²) >= 11 is 0. The molecule has 54 heavy (non-hydrogen) atoms. The molecule has 1 aromatic heterocycles. The molecule has 0 aliphatic heterocycles. The molecule has 0 atom stereocenters. The molecular formula is C52H39NO. The average Bonchev–Trinajstić information content (AvgIpc) is 3.86. The van der Waals surface area contributed by atoms with Gasteiger partial charge in [-0.25, -0.2) is 0 Å². The maximum atomic E-state index is 10.0. The highest BCUT2D eigenvalue weighted by Gasteiger charge is 2.38. The molecule has 0 spiro atoms. The molecule has 2 aliphatic carbocycles. The molecule has 9 aromatic rings. The molecule has 2 nitrogen and oxygen atoms in total. The molecular weight excluding hydrogens is 655 g/mol. The molecule has 8 aromatic carbocycles. The summed E-state index contributed by atoms with van der Waals surface area (Å²) in [5, 5.41) is 0.637. The third-order valence-electron chi connectivity index (χ3n) is 11.9. The number of furan rings is 1. The van der Waals surface area contributed by atoms with Crippen molar-refractivity contribution in [2.24, 2.45) is 0 Å². The van der Waals surface area contributed by atoms with E-state index >= 15 is 0 Å². The summed E-state index contributed by atoms with van der Waals surface area (Å²) in [6.45, 7) is 8.83. The van der Waals surface area contributed by atoms with Gasteiger partial charge in [-0.15, -0.1) is 0 Å². The lowest BCUT2D eigenvalue weighted by Crippen LogP contribution is -2.18. The van der Waals surface area contributed by atoms with Crippen molar-refractivity contribution >= 4 is 49.8 Å². The van der Waals surface area contributed by atoms with Crippen molar-refractivity contribution < 1.29 is 15.4 Å². The minimum absolute atomic E-state index is 0.00227. The van der Waals surface area contributed by atoms with E-state index in [1.165, 1.54) is 11.1 Å². The van der Waals surface area contributed by atoms with Crippen LogP contribution in [0.15, 0.2) is 168 Å². The Morgan fingerprint density at radius 3 is 1.69 bits per heavy atom. The molecule has 258 valence electrons. The van der Waals surface area contributed by atoms with Gasteiger partial charge in [0.15, 0.2) is 0 Å². The fraction of sp³-hybridized carbons (Fsp3) is 0.115. The molecule has 0 fully saturated rings. The van der Waals surface area contributed by atoms with Gasteiger partial charge in [-0.05, 0) is 103 Å². The van der Waals surface area contributed by atoms with Gasteiger partial charge in [0.05, 0.1) is 22.0 Å². The Morgan fingerprint density at radius 2 is 1.06 bits per heavy atom. The SMILES string of the molecule is [2H]c1c([2H])c(N(c2ccc3c(c2)C(C)(C)c2ccccc2-3)c2ccc3c(c2)C(C)(C)c2ccccc2-3)c2c(oc3c4c([2H])c([2H])c([2H])c([2H])c4c(-c4ccccc4)c([2H])c32)c1[2H]. The van der Waals surface area contributed by atoms with Crippen molar-refractivity contribution in [2.75, 3.05) is 4.90 Å². The summed E-state index contributed by atoms with van der Waals surface area (Å²) in [5.41, 5.74) is 10.8. The molecule has 0 radical (unpaired) electrons. The summed E-state index contributed by atoms with van der Waals surface area (Å²) in [4.78, 5) is 1.96. The van der Waals surface area contributed by atoms with Crippen LogP contribution in [0.4, 0.5) is 17.1 Å². The van der Waals surface area contributed by atoms with Gasteiger partial charge in [0.2, 0.25) is 0 Å². The summed E-state index contributed by atoms with van der Waals surface area (Å²) in [5.74, 6) is 0. The van der Waals surface area contributed by atoms with E-state index in [2.05, 4.69) is 88.4 Å². The van der Waals surface area contributed by atoms with Crippen LogP contribution >= 0.6 is 0 Å². The first-order valence-electron chi connectivity index (χ1n) is 22.4. The molecule has 0 N–H and O–H groups in total. The lowest BCUT2D eigenvalue weighted by molar-refractivity contribution is 0.660. The summed E-state index contributed by atoms with van der Waals surface area (Å²) < 4.78 is 80.9. The molecule has 2 aliphatic rings. The Labute approximate surface area is 327 Å². The first-order chi connectivity index (χ1) is 29.6. The normalized spacial score (nSPS) is 16.7. The second kappa shape index (κ2) is 11.1.